The number of H-pyrrole nitrogens is 1. The second-order valence-electron chi connectivity index (χ2n) is 4.52. The van der Waals surface area contributed by atoms with Crippen LogP contribution in [0.1, 0.15) is 15.9 Å². The van der Waals surface area contributed by atoms with Gasteiger partial charge in [0.1, 0.15) is 0 Å². The number of aromatic nitrogens is 3. The number of aromatic amines is 1. The summed E-state index contributed by atoms with van der Waals surface area (Å²) in [6, 6.07) is 5.58. The molecule has 2 aromatic heterocycles. The highest BCUT2D eigenvalue weighted by Gasteiger charge is 2.30. The summed E-state index contributed by atoms with van der Waals surface area (Å²) >= 11 is 0. The standard InChI is InChI=1S/C14H9F3N4O/c15-14(16,17)9-3-1-8(2-4-9)13(22)20-11-5-6-18-12-10(11)7-19-21-12/h1-7H,(H2,18,19,20,21,22). The van der Waals surface area contributed by atoms with E-state index in [1.165, 1.54) is 12.4 Å². The zero-order valence-corrected chi connectivity index (χ0v) is 11.0. The first kappa shape index (κ1) is 14.1. The summed E-state index contributed by atoms with van der Waals surface area (Å²) in [6.45, 7) is 0. The van der Waals surface area contributed by atoms with Gasteiger partial charge < -0.3 is 5.32 Å². The summed E-state index contributed by atoms with van der Waals surface area (Å²) in [5.41, 5.74) is 0.306. The fourth-order valence-electron chi connectivity index (χ4n) is 1.97. The fourth-order valence-corrected chi connectivity index (χ4v) is 1.97. The minimum atomic E-state index is -4.43. The van der Waals surface area contributed by atoms with Gasteiger partial charge >= 0.3 is 6.18 Å². The molecule has 22 heavy (non-hydrogen) atoms. The van der Waals surface area contributed by atoms with E-state index >= 15 is 0 Å². The number of amides is 1. The number of rotatable bonds is 2. The van der Waals surface area contributed by atoms with E-state index < -0.39 is 17.6 Å². The smallest absolute Gasteiger partial charge is 0.321 e. The maximum absolute atomic E-state index is 12.5. The number of pyridine rings is 1. The summed E-state index contributed by atoms with van der Waals surface area (Å²) in [5.74, 6) is -0.512. The van der Waals surface area contributed by atoms with Crippen LogP contribution in [0.5, 0.6) is 0 Å². The number of nitrogens with one attached hydrogen (secondary N) is 2. The number of anilines is 1. The number of fused-ring (bicyclic) bond motifs is 1. The van der Waals surface area contributed by atoms with Crippen molar-refractivity contribution in [2.45, 2.75) is 6.18 Å². The molecule has 8 heteroatoms. The molecule has 0 aliphatic heterocycles. The number of nitrogens with zero attached hydrogens (tertiary/aromatic N) is 2. The largest absolute Gasteiger partial charge is 0.416 e. The maximum atomic E-state index is 12.5. The van der Waals surface area contributed by atoms with E-state index in [1.54, 1.807) is 6.07 Å². The molecule has 2 heterocycles. The lowest BCUT2D eigenvalue weighted by Crippen LogP contribution is -2.13. The average molecular weight is 306 g/mol. The highest BCUT2D eigenvalue weighted by atomic mass is 19.4. The predicted molar refractivity (Wildman–Crippen MR) is 73.3 cm³/mol. The highest BCUT2D eigenvalue weighted by molar-refractivity contribution is 6.08. The lowest BCUT2D eigenvalue weighted by Gasteiger charge is -2.08. The van der Waals surface area contributed by atoms with E-state index in [9.17, 15) is 18.0 Å². The van der Waals surface area contributed by atoms with Crippen LogP contribution in [0.3, 0.4) is 0 Å². The van der Waals surface area contributed by atoms with Gasteiger partial charge in [-0.25, -0.2) is 4.98 Å². The normalized spacial score (nSPS) is 11.6. The molecule has 2 N–H and O–H groups in total. The van der Waals surface area contributed by atoms with Crippen LogP contribution in [0, 0.1) is 0 Å². The third-order valence-electron chi connectivity index (χ3n) is 3.08. The average Bonchev–Trinajstić information content (AvgIpc) is 2.96. The molecule has 3 aromatic rings. The summed E-state index contributed by atoms with van der Waals surface area (Å²) in [6.07, 6.45) is -1.43. The third-order valence-corrected chi connectivity index (χ3v) is 3.08. The Morgan fingerprint density at radius 3 is 2.55 bits per heavy atom. The molecule has 0 radical (unpaired) electrons. The molecule has 0 bridgehead atoms. The molecule has 3 rings (SSSR count). The second kappa shape index (κ2) is 5.14. The Labute approximate surface area is 122 Å². The van der Waals surface area contributed by atoms with E-state index in [4.69, 9.17) is 0 Å². The number of halogens is 3. The van der Waals surface area contributed by atoms with Crippen LogP contribution in [-0.2, 0) is 6.18 Å². The van der Waals surface area contributed by atoms with Gasteiger partial charge in [0.2, 0.25) is 0 Å². The second-order valence-corrected chi connectivity index (χ2v) is 4.52. The van der Waals surface area contributed by atoms with Gasteiger partial charge in [-0.3, -0.25) is 9.89 Å². The maximum Gasteiger partial charge on any atom is 0.416 e. The molecule has 0 spiro atoms. The van der Waals surface area contributed by atoms with E-state index in [0.717, 1.165) is 24.3 Å². The molecule has 0 fully saturated rings. The number of hydrogen-bond acceptors (Lipinski definition) is 3. The van der Waals surface area contributed by atoms with Crippen LogP contribution in [0.25, 0.3) is 11.0 Å². The Kier molecular flexibility index (Phi) is 3.28. The van der Waals surface area contributed by atoms with Crippen molar-refractivity contribution in [2.24, 2.45) is 0 Å². The topological polar surface area (TPSA) is 70.7 Å². The van der Waals surface area contributed by atoms with Crippen molar-refractivity contribution in [1.29, 1.82) is 0 Å². The Bertz CT molecular complexity index is 824. The Morgan fingerprint density at radius 1 is 1.14 bits per heavy atom. The molecule has 0 aliphatic rings. The number of carbonyl (C=O) groups is 1. The molecular weight excluding hydrogens is 297 g/mol. The number of carbonyl (C=O) groups excluding carboxylic acids is 1. The highest BCUT2D eigenvalue weighted by Crippen LogP contribution is 2.29. The van der Waals surface area contributed by atoms with Crippen LogP contribution < -0.4 is 5.32 Å². The van der Waals surface area contributed by atoms with Crippen LogP contribution in [0.15, 0.2) is 42.7 Å². The summed E-state index contributed by atoms with van der Waals surface area (Å²) < 4.78 is 37.5. The monoisotopic (exact) mass is 306 g/mol. The lowest BCUT2D eigenvalue weighted by atomic mass is 10.1. The van der Waals surface area contributed by atoms with Gasteiger partial charge in [0.05, 0.1) is 22.8 Å². The molecule has 1 amide bonds. The van der Waals surface area contributed by atoms with Crippen molar-refractivity contribution in [1.82, 2.24) is 15.2 Å². The van der Waals surface area contributed by atoms with Crippen molar-refractivity contribution in [3.05, 3.63) is 53.9 Å². The number of benzene rings is 1. The van der Waals surface area contributed by atoms with Gasteiger partial charge in [-0.2, -0.15) is 18.3 Å². The minimum absolute atomic E-state index is 0.126. The molecule has 0 atom stereocenters. The van der Waals surface area contributed by atoms with Crippen LogP contribution in [0.2, 0.25) is 0 Å². The third kappa shape index (κ3) is 2.62. The summed E-state index contributed by atoms with van der Waals surface area (Å²) in [5, 5.41) is 9.72. The van der Waals surface area contributed by atoms with Crippen molar-refractivity contribution in [3.63, 3.8) is 0 Å². The lowest BCUT2D eigenvalue weighted by molar-refractivity contribution is -0.137. The van der Waals surface area contributed by atoms with Gasteiger partial charge in [-0.1, -0.05) is 0 Å². The van der Waals surface area contributed by atoms with Gasteiger partial charge in [0.15, 0.2) is 5.65 Å². The first-order valence-electron chi connectivity index (χ1n) is 6.22. The molecule has 0 saturated carbocycles. The quantitative estimate of drug-likeness (QED) is 0.763. The minimum Gasteiger partial charge on any atom is -0.321 e. The molecule has 0 unspecified atom stereocenters. The van der Waals surface area contributed by atoms with Crippen molar-refractivity contribution in [2.75, 3.05) is 5.32 Å². The van der Waals surface area contributed by atoms with Crippen LogP contribution in [-0.4, -0.2) is 21.1 Å². The first-order valence-corrected chi connectivity index (χ1v) is 6.22. The van der Waals surface area contributed by atoms with E-state index in [-0.39, 0.29) is 5.56 Å². The fraction of sp³-hybridized carbons (Fsp3) is 0.0714. The molecule has 112 valence electrons. The molecule has 1 aromatic carbocycles. The number of alkyl halides is 3. The van der Waals surface area contributed by atoms with Gasteiger partial charge in [0, 0.05) is 11.8 Å². The van der Waals surface area contributed by atoms with Gasteiger partial charge in [-0.15, -0.1) is 0 Å². The molecule has 5 nitrogen and oxygen atoms in total. The van der Waals surface area contributed by atoms with Gasteiger partial charge in [0.25, 0.3) is 5.91 Å². The predicted octanol–water partition coefficient (Wildman–Crippen LogP) is 3.23. The van der Waals surface area contributed by atoms with Gasteiger partial charge in [-0.05, 0) is 30.3 Å². The SMILES string of the molecule is O=C(Nc1ccnc2[nH]ncc12)c1ccc(C(F)(F)F)cc1. The molecule has 0 aliphatic carbocycles. The van der Waals surface area contributed by atoms with E-state index in [0.29, 0.717) is 16.7 Å². The zero-order valence-electron chi connectivity index (χ0n) is 11.0. The first-order chi connectivity index (χ1) is 10.4. The summed E-state index contributed by atoms with van der Waals surface area (Å²) in [4.78, 5) is 16.1. The molecular formula is C14H9F3N4O. The van der Waals surface area contributed by atoms with Crippen molar-refractivity contribution < 1.29 is 18.0 Å². The van der Waals surface area contributed by atoms with Crippen LogP contribution in [0.4, 0.5) is 18.9 Å². The Balaban J connectivity index is 1.84. The Morgan fingerprint density at radius 2 is 1.86 bits per heavy atom. The molecule has 0 saturated heterocycles. The zero-order chi connectivity index (χ0) is 15.7. The van der Waals surface area contributed by atoms with Crippen molar-refractivity contribution in [3.8, 4) is 0 Å². The Hall–Kier alpha value is -2.90. The van der Waals surface area contributed by atoms with E-state index in [2.05, 4.69) is 20.5 Å². The van der Waals surface area contributed by atoms with E-state index in [1.807, 2.05) is 0 Å². The number of hydrogen-bond donors (Lipinski definition) is 2. The van der Waals surface area contributed by atoms with Crippen LogP contribution >= 0.6 is 0 Å². The summed E-state index contributed by atoms with van der Waals surface area (Å²) in [7, 11) is 0. The van der Waals surface area contributed by atoms with Crippen molar-refractivity contribution >= 4 is 22.6 Å².